The third-order valence-electron chi connectivity index (χ3n) is 5.63. The first-order chi connectivity index (χ1) is 8.87. The van der Waals surface area contributed by atoms with Gasteiger partial charge < -0.3 is 5.11 Å². The van der Waals surface area contributed by atoms with Gasteiger partial charge >= 0.3 is 0 Å². The minimum Gasteiger partial charge on any atom is -0.388 e. The maximum atomic E-state index is 12.3. The van der Waals surface area contributed by atoms with Crippen LogP contribution in [0, 0.1) is 17.3 Å². The summed E-state index contributed by atoms with van der Waals surface area (Å²) in [5, 5.41) is 11.2. The molecule has 3 nitrogen and oxygen atoms in total. The van der Waals surface area contributed by atoms with Crippen LogP contribution in [-0.4, -0.2) is 22.3 Å². The number of Topliss-reactive ketones (excluding diaryl/α,β-unsaturated/α-hetero) is 2. The summed E-state index contributed by atoms with van der Waals surface area (Å²) >= 11 is 0. The van der Waals surface area contributed by atoms with Crippen molar-refractivity contribution >= 4 is 11.6 Å². The molecule has 0 aromatic heterocycles. The third kappa shape index (κ3) is 2.06. The minimum absolute atomic E-state index is 0.0570. The van der Waals surface area contributed by atoms with Gasteiger partial charge in [-0.3, -0.25) is 9.59 Å². The Morgan fingerprint density at radius 3 is 2.68 bits per heavy atom. The largest absolute Gasteiger partial charge is 0.388 e. The van der Waals surface area contributed by atoms with E-state index in [-0.39, 0.29) is 23.4 Å². The van der Waals surface area contributed by atoms with Crippen molar-refractivity contribution in [3.63, 3.8) is 0 Å². The van der Waals surface area contributed by atoms with Crippen molar-refractivity contribution < 1.29 is 14.7 Å². The Labute approximate surface area is 115 Å². The van der Waals surface area contributed by atoms with Crippen LogP contribution in [0.4, 0.5) is 0 Å². The highest BCUT2D eigenvalue weighted by Crippen LogP contribution is 2.56. The monoisotopic (exact) mass is 266 g/mol. The number of hydrogen-bond donors (Lipinski definition) is 1. The molecule has 3 heteroatoms. The van der Waals surface area contributed by atoms with Gasteiger partial charge in [0.25, 0.3) is 0 Å². The highest BCUT2D eigenvalue weighted by molar-refractivity contribution is 5.89. The average molecular weight is 266 g/mol. The molecule has 0 aromatic rings. The van der Waals surface area contributed by atoms with Gasteiger partial charge in [0.05, 0.1) is 11.0 Å². The predicted octanol–water partition coefficient (Wildman–Crippen LogP) is 2.89. The number of carbonyl (C=O) groups excluding carboxylic acids is 2. The molecule has 0 heterocycles. The summed E-state index contributed by atoms with van der Waals surface area (Å²) in [5.41, 5.74) is -1.81. The average Bonchev–Trinajstić information content (AvgIpc) is 2.32. The molecule has 0 saturated heterocycles. The zero-order chi connectivity index (χ0) is 14.3. The molecule has 2 aliphatic rings. The van der Waals surface area contributed by atoms with E-state index in [0.29, 0.717) is 19.3 Å². The number of fused-ring (bicyclic) bond motifs is 1. The van der Waals surface area contributed by atoms with E-state index < -0.39 is 11.0 Å². The lowest BCUT2D eigenvalue weighted by molar-refractivity contribution is -0.192. The molecule has 0 aromatic carbocycles. The molecular formula is C16H26O3. The Morgan fingerprint density at radius 2 is 2.11 bits per heavy atom. The zero-order valence-corrected chi connectivity index (χ0v) is 12.4. The Morgan fingerprint density at radius 1 is 1.42 bits per heavy atom. The molecule has 2 fully saturated rings. The van der Waals surface area contributed by atoms with Gasteiger partial charge in [-0.2, -0.15) is 0 Å². The van der Waals surface area contributed by atoms with E-state index in [0.717, 1.165) is 25.7 Å². The summed E-state index contributed by atoms with van der Waals surface area (Å²) in [7, 11) is 0. The summed E-state index contributed by atoms with van der Waals surface area (Å²) in [6.45, 7) is 5.57. The molecule has 19 heavy (non-hydrogen) atoms. The quantitative estimate of drug-likeness (QED) is 0.854. The van der Waals surface area contributed by atoms with Gasteiger partial charge in [-0.05, 0) is 51.9 Å². The second kappa shape index (κ2) is 5.01. The Balaban J connectivity index is 2.42. The first-order valence-corrected chi connectivity index (χ1v) is 7.63. The van der Waals surface area contributed by atoms with Crippen molar-refractivity contribution in [1.29, 1.82) is 0 Å². The van der Waals surface area contributed by atoms with Crippen LogP contribution in [0.1, 0.15) is 65.7 Å². The molecule has 2 saturated carbocycles. The molecule has 2 rings (SSSR count). The molecule has 0 spiro atoms. The summed E-state index contributed by atoms with van der Waals surface area (Å²) in [6.07, 6.45) is 5.49. The number of carbonyl (C=O) groups is 2. The van der Waals surface area contributed by atoms with E-state index in [1.54, 1.807) is 6.92 Å². The topological polar surface area (TPSA) is 54.4 Å². The van der Waals surface area contributed by atoms with Crippen LogP contribution < -0.4 is 0 Å². The van der Waals surface area contributed by atoms with Crippen molar-refractivity contribution in [2.75, 3.05) is 0 Å². The van der Waals surface area contributed by atoms with Crippen LogP contribution in [0.5, 0.6) is 0 Å². The number of hydrogen-bond acceptors (Lipinski definition) is 3. The Hall–Kier alpha value is -0.700. The first-order valence-electron chi connectivity index (χ1n) is 7.63. The maximum absolute atomic E-state index is 12.3. The van der Waals surface area contributed by atoms with E-state index >= 15 is 0 Å². The van der Waals surface area contributed by atoms with Crippen molar-refractivity contribution in [3.05, 3.63) is 0 Å². The van der Waals surface area contributed by atoms with Crippen molar-refractivity contribution in [2.24, 2.45) is 17.3 Å². The molecular weight excluding hydrogens is 240 g/mol. The summed E-state index contributed by atoms with van der Waals surface area (Å²) in [4.78, 5) is 24.4. The van der Waals surface area contributed by atoms with Crippen LogP contribution in [0.2, 0.25) is 0 Å². The summed E-state index contributed by atoms with van der Waals surface area (Å²) in [5.74, 6) is 0.103. The van der Waals surface area contributed by atoms with E-state index in [1.165, 1.54) is 0 Å². The molecule has 0 unspecified atom stereocenters. The fourth-order valence-corrected chi connectivity index (χ4v) is 4.55. The Bertz CT molecular complexity index is 389. The molecule has 108 valence electrons. The van der Waals surface area contributed by atoms with Gasteiger partial charge in [0.2, 0.25) is 0 Å². The van der Waals surface area contributed by atoms with Gasteiger partial charge in [0, 0.05) is 12.3 Å². The van der Waals surface area contributed by atoms with Crippen molar-refractivity contribution in [1.82, 2.24) is 0 Å². The molecule has 0 bridgehead atoms. The SMILES string of the molecule is CCC[C@@H]1CC[C@]2(C)C(=O)CCC[C@]2(O)[C@H]1C(C)=O. The van der Waals surface area contributed by atoms with Crippen LogP contribution in [-0.2, 0) is 9.59 Å². The van der Waals surface area contributed by atoms with Crippen LogP contribution in [0.25, 0.3) is 0 Å². The molecule has 4 atom stereocenters. The molecule has 2 aliphatic carbocycles. The fourth-order valence-electron chi connectivity index (χ4n) is 4.55. The zero-order valence-electron chi connectivity index (χ0n) is 12.4. The van der Waals surface area contributed by atoms with E-state index in [4.69, 9.17) is 0 Å². The van der Waals surface area contributed by atoms with E-state index in [1.807, 2.05) is 6.92 Å². The lowest BCUT2D eigenvalue weighted by Gasteiger charge is -2.56. The molecule has 0 aliphatic heterocycles. The van der Waals surface area contributed by atoms with Crippen LogP contribution >= 0.6 is 0 Å². The smallest absolute Gasteiger partial charge is 0.141 e. The number of rotatable bonds is 3. The summed E-state index contributed by atoms with van der Waals surface area (Å²) < 4.78 is 0. The van der Waals surface area contributed by atoms with Gasteiger partial charge in [-0.1, -0.05) is 13.3 Å². The maximum Gasteiger partial charge on any atom is 0.141 e. The first kappa shape index (κ1) is 14.7. The predicted molar refractivity (Wildman–Crippen MR) is 73.7 cm³/mol. The lowest BCUT2D eigenvalue weighted by atomic mass is 9.49. The molecule has 0 amide bonds. The van der Waals surface area contributed by atoms with Gasteiger partial charge in [0.15, 0.2) is 0 Å². The fraction of sp³-hybridized carbons (Fsp3) is 0.875. The van der Waals surface area contributed by atoms with E-state index in [9.17, 15) is 14.7 Å². The Kier molecular flexibility index (Phi) is 3.87. The highest BCUT2D eigenvalue weighted by atomic mass is 16.3. The number of ketones is 2. The normalized spacial score (nSPS) is 42.8. The van der Waals surface area contributed by atoms with Gasteiger partial charge in [-0.25, -0.2) is 0 Å². The standard InChI is InChI=1S/C16H26O3/c1-4-6-12-8-10-15(3)13(18)7-5-9-16(15,19)14(12)11(2)17/h12,14,19H,4-10H2,1-3H3/t12-,14+,15-,16+/m1/s1. The summed E-state index contributed by atoms with van der Waals surface area (Å²) in [6, 6.07) is 0. The van der Waals surface area contributed by atoms with Crippen molar-refractivity contribution in [3.8, 4) is 0 Å². The third-order valence-corrected chi connectivity index (χ3v) is 5.63. The van der Waals surface area contributed by atoms with Crippen LogP contribution in [0.15, 0.2) is 0 Å². The molecule has 1 N–H and O–H groups in total. The van der Waals surface area contributed by atoms with Crippen molar-refractivity contribution in [2.45, 2.75) is 71.3 Å². The minimum atomic E-state index is -1.10. The molecule has 0 radical (unpaired) electrons. The van der Waals surface area contributed by atoms with Gasteiger partial charge in [0.1, 0.15) is 11.6 Å². The second-order valence-electron chi connectivity index (χ2n) is 6.71. The van der Waals surface area contributed by atoms with Gasteiger partial charge in [-0.15, -0.1) is 0 Å². The van der Waals surface area contributed by atoms with Crippen LogP contribution in [0.3, 0.4) is 0 Å². The van der Waals surface area contributed by atoms with E-state index in [2.05, 4.69) is 6.92 Å². The number of aliphatic hydroxyl groups is 1. The lowest BCUT2D eigenvalue weighted by Crippen LogP contribution is -2.64. The highest BCUT2D eigenvalue weighted by Gasteiger charge is 2.62. The second-order valence-corrected chi connectivity index (χ2v) is 6.71.